The van der Waals surface area contributed by atoms with Gasteiger partial charge in [0.1, 0.15) is 5.78 Å². The van der Waals surface area contributed by atoms with Crippen molar-refractivity contribution in [2.75, 3.05) is 20.3 Å². The molecule has 0 bridgehead atoms. The van der Waals surface area contributed by atoms with Crippen LogP contribution in [0.1, 0.15) is 52.4 Å². The first-order chi connectivity index (χ1) is 8.17. The summed E-state index contributed by atoms with van der Waals surface area (Å²) >= 11 is 0. The fraction of sp³-hybridized carbons (Fsp3) is 0.929. The summed E-state index contributed by atoms with van der Waals surface area (Å²) in [4.78, 5) is 11.5. The van der Waals surface area contributed by atoms with Crippen LogP contribution in [-0.4, -0.2) is 32.1 Å². The highest BCUT2D eigenvalue weighted by molar-refractivity contribution is 5.84. The number of Topliss-reactive ketones (excluding diaryl/α,β-unsaturated/α-hetero) is 1. The summed E-state index contributed by atoms with van der Waals surface area (Å²) in [6.07, 6.45) is 6.67. The smallest absolute Gasteiger partial charge is 0.149 e. The maximum Gasteiger partial charge on any atom is 0.149 e. The maximum absolute atomic E-state index is 11.5. The summed E-state index contributed by atoms with van der Waals surface area (Å²) in [5.74, 6) is 0.432. The molecule has 0 amide bonds. The van der Waals surface area contributed by atoms with E-state index in [4.69, 9.17) is 4.74 Å². The van der Waals surface area contributed by atoms with E-state index in [0.29, 0.717) is 11.2 Å². The second-order valence-electron chi connectivity index (χ2n) is 5.35. The fourth-order valence-corrected chi connectivity index (χ4v) is 2.33. The van der Waals surface area contributed by atoms with E-state index < -0.39 is 0 Å². The molecule has 1 saturated carbocycles. The van der Waals surface area contributed by atoms with Crippen LogP contribution in [0.5, 0.6) is 0 Å². The van der Waals surface area contributed by atoms with Gasteiger partial charge in [-0.2, -0.15) is 0 Å². The monoisotopic (exact) mass is 241 g/mol. The normalized spacial score (nSPS) is 24.3. The highest BCUT2D eigenvalue weighted by Gasteiger charge is 2.49. The van der Waals surface area contributed by atoms with Gasteiger partial charge in [-0.15, -0.1) is 0 Å². The van der Waals surface area contributed by atoms with Gasteiger partial charge in [-0.1, -0.05) is 13.8 Å². The summed E-state index contributed by atoms with van der Waals surface area (Å²) in [7, 11) is 1.71. The van der Waals surface area contributed by atoms with E-state index in [2.05, 4.69) is 19.2 Å². The molecule has 0 aromatic carbocycles. The van der Waals surface area contributed by atoms with Gasteiger partial charge < -0.3 is 10.1 Å². The lowest BCUT2D eigenvalue weighted by Gasteiger charge is -2.07. The van der Waals surface area contributed by atoms with Crippen LogP contribution in [0.25, 0.3) is 0 Å². The summed E-state index contributed by atoms with van der Waals surface area (Å²) in [6.45, 7) is 6.14. The van der Waals surface area contributed by atoms with Crippen molar-refractivity contribution in [3.05, 3.63) is 0 Å². The molecule has 1 saturated heterocycles. The van der Waals surface area contributed by atoms with Gasteiger partial charge >= 0.3 is 0 Å². The Kier molecular flexibility index (Phi) is 6.14. The van der Waals surface area contributed by atoms with Crippen molar-refractivity contribution < 1.29 is 9.53 Å². The third-order valence-corrected chi connectivity index (χ3v) is 3.61. The molecule has 1 atom stereocenters. The Morgan fingerprint density at radius 1 is 1.35 bits per heavy atom. The number of methoxy groups -OCH3 is 1. The molecule has 0 aromatic heterocycles. The first-order valence-electron chi connectivity index (χ1n) is 6.92. The van der Waals surface area contributed by atoms with Gasteiger partial charge in [0, 0.05) is 26.7 Å². The zero-order valence-corrected chi connectivity index (χ0v) is 11.6. The first-order valence-corrected chi connectivity index (χ1v) is 6.92. The molecule has 3 heteroatoms. The van der Waals surface area contributed by atoms with E-state index in [9.17, 15) is 4.79 Å². The Morgan fingerprint density at radius 2 is 2.06 bits per heavy atom. The van der Waals surface area contributed by atoms with Gasteiger partial charge in [-0.05, 0) is 37.5 Å². The van der Waals surface area contributed by atoms with Gasteiger partial charge in [0.05, 0.1) is 6.04 Å². The Hall–Kier alpha value is -0.410. The van der Waals surface area contributed by atoms with Crippen molar-refractivity contribution in [2.45, 2.75) is 58.4 Å². The molecule has 2 rings (SSSR count). The van der Waals surface area contributed by atoms with Crippen LogP contribution in [0.3, 0.4) is 0 Å². The standard InChI is InChI=1S/C10H17NO.C4H10O/c1-2-3-9(12)8-6-10(4-5-10)7-11-8;1-3-4-5-2/h8,11H,2-7H2,1H3;3-4H2,1-2H3. The van der Waals surface area contributed by atoms with E-state index >= 15 is 0 Å². The van der Waals surface area contributed by atoms with Gasteiger partial charge in [-0.25, -0.2) is 0 Å². The van der Waals surface area contributed by atoms with Gasteiger partial charge in [0.2, 0.25) is 0 Å². The molecule has 1 spiro atoms. The molecule has 1 aliphatic carbocycles. The van der Waals surface area contributed by atoms with E-state index in [-0.39, 0.29) is 6.04 Å². The third kappa shape index (κ3) is 4.76. The first kappa shape index (κ1) is 14.7. The second-order valence-corrected chi connectivity index (χ2v) is 5.35. The number of carbonyl (C=O) groups excluding carboxylic acids is 1. The highest BCUT2D eigenvalue weighted by Crippen LogP contribution is 2.51. The molecule has 100 valence electrons. The van der Waals surface area contributed by atoms with Crippen molar-refractivity contribution in [2.24, 2.45) is 5.41 Å². The lowest BCUT2D eigenvalue weighted by molar-refractivity contribution is -0.120. The SMILES string of the molecule is CCCC(=O)C1CC2(CC2)CN1.CCCOC. The maximum atomic E-state index is 11.5. The van der Waals surface area contributed by atoms with Gasteiger partial charge in [-0.3, -0.25) is 4.79 Å². The predicted octanol–water partition coefficient (Wildman–Crippen LogP) is 2.54. The van der Waals surface area contributed by atoms with Crippen molar-refractivity contribution in [1.82, 2.24) is 5.32 Å². The van der Waals surface area contributed by atoms with Crippen molar-refractivity contribution in [3.63, 3.8) is 0 Å². The summed E-state index contributed by atoms with van der Waals surface area (Å²) in [6, 6.07) is 0.201. The molecule has 1 N–H and O–H groups in total. The van der Waals surface area contributed by atoms with Gasteiger partial charge in [0.15, 0.2) is 0 Å². The molecule has 17 heavy (non-hydrogen) atoms. The van der Waals surface area contributed by atoms with Crippen molar-refractivity contribution in [1.29, 1.82) is 0 Å². The van der Waals surface area contributed by atoms with Crippen molar-refractivity contribution >= 4 is 5.78 Å². The number of ketones is 1. The Labute approximate surface area is 105 Å². The third-order valence-electron chi connectivity index (χ3n) is 3.61. The minimum atomic E-state index is 0.201. The zero-order chi connectivity index (χ0) is 12.7. The topological polar surface area (TPSA) is 38.3 Å². The van der Waals surface area contributed by atoms with Crippen LogP contribution < -0.4 is 5.32 Å². The zero-order valence-electron chi connectivity index (χ0n) is 11.6. The number of rotatable bonds is 5. The summed E-state index contributed by atoms with van der Waals surface area (Å²) in [5.41, 5.74) is 0.564. The van der Waals surface area contributed by atoms with Gasteiger partial charge in [0.25, 0.3) is 0 Å². The minimum absolute atomic E-state index is 0.201. The largest absolute Gasteiger partial charge is 0.385 e. The molecule has 1 unspecified atom stereocenters. The quantitative estimate of drug-likeness (QED) is 0.804. The van der Waals surface area contributed by atoms with E-state index in [0.717, 1.165) is 38.8 Å². The molecule has 1 aliphatic heterocycles. The highest BCUT2D eigenvalue weighted by atomic mass is 16.5. The van der Waals surface area contributed by atoms with Crippen LogP contribution >= 0.6 is 0 Å². The lowest BCUT2D eigenvalue weighted by atomic mass is 9.99. The summed E-state index contributed by atoms with van der Waals surface area (Å²) in [5, 5.41) is 3.34. The Morgan fingerprint density at radius 3 is 2.41 bits per heavy atom. The van der Waals surface area contributed by atoms with Crippen LogP contribution in [0.15, 0.2) is 0 Å². The number of carbonyl (C=O) groups is 1. The van der Waals surface area contributed by atoms with Crippen molar-refractivity contribution in [3.8, 4) is 0 Å². The Balaban J connectivity index is 0.000000249. The number of ether oxygens (including phenoxy) is 1. The number of nitrogens with one attached hydrogen (secondary N) is 1. The minimum Gasteiger partial charge on any atom is -0.385 e. The van der Waals surface area contributed by atoms with E-state index in [1.807, 2.05) is 0 Å². The molecule has 2 fully saturated rings. The van der Waals surface area contributed by atoms with Crippen LogP contribution in [0.4, 0.5) is 0 Å². The fourth-order valence-electron chi connectivity index (χ4n) is 2.33. The van der Waals surface area contributed by atoms with Crippen LogP contribution in [-0.2, 0) is 9.53 Å². The molecular weight excluding hydrogens is 214 g/mol. The molecule has 0 aromatic rings. The molecule has 0 radical (unpaired) electrons. The molecular formula is C14H27NO2. The predicted molar refractivity (Wildman–Crippen MR) is 70.2 cm³/mol. The Bertz CT molecular complexity index is 234. The number of hydrogen-bond donors (Lipinski definition) is 1. The average Bonchev–Trinajstić information content (AvgIpc) is 2.91. The molecule has 2 aliphatic rings. The lowest BCUT2D eigenvalue weighted by Crippen LogP contribution is -2.30. The van der Waals surface area contributed by atoms with E-state index in [1.165, 1.54) is 12.8 Å². The van der Waals surface area contributed by atoms with Crippen LogP contribution in [0.2, 0.25) is 0 Å². The van der Waals surface area contributed by atoms with Crippen LogP contribution in [0, 0.1) is 5.41 Å². The average molecular weight is 241 g/mol. The van der Waals surface area contributed by atoms with E-state index in [1.54, 1.807) is 7.11 Å². The summed E-state index contributed by atoms with van der Waals surface area (Å²) < 4.78 is 4.69. The second kappa shape index (κ2) is 7.12. The molecule has 3 nitrogen and oxygen atoms in total. The molecule has 1 heterocycles. The number of hydrogen-bond acceptors (Lipinski definition) is 3.